The van der Waals surface area contributed by atoms with Crippen molar-refractivity contribution in [2.75, 3.05) is 20.2 Å². The molecule has 0 saturated carbocycles. The first-order valence-corrected chi connectivity index (χ1v) is 5.95. The third-order valence-electron chi connectivity index (χ3n) is 2.47. The van der Waals surface area contributed by atoms with Gasteiger partial charge in [-0.25, -0.2) is 0 Å². The van der Waals surface area contributed by atoms with Gasteiger partial charge in [0.15, 0.2) is 0 Å². The number of ether oxygens (including phenoxy) is 1. The van der Waals surface area contributed by atoms with Crippen molar-refractivity contribution in [1.29, 1.82) is 0 Å². The Morgan fingerprint density at radius 3 is 2.76 bits per heavy atom. The van der Waals surface area contributed by atoms with Gasteiger partial charge in [-0.15, -0.1) is 0 Å². The van der Waals surface area contributed by atoms with E-state index in [0.717, 1.165) is 29.8 Å². The Hall–Kier alpha value is -1.06. The summed E-state index contributed by atoms with van der Waals surface area (Å²) in [4.78, 5) is 10.8. The van der Waals surface area contributed by atoms with Crippen molar-refractivity contribution >= 4 is 17.4 Å². The van der Waals surface area contributed by atoms with Crippen LogP contribution in [0.1, 0.15) is 18.1 Å². The van der Waals surface area contributed by atoms with Gasteiger partial charge in [-0.3, -0.25) is 4.79 Å². The van der Waals surface area contributed by atoms with E-state index in [4.69, 9.17) is 16.3 Å². The number of methoxy groups -OCH3 is 1. The number of aryl methyl sites for hydroxylation is 1. The number of benzene rings is 1. The Bertz CT molecular complexity index is 405. The molecule has 4 heteroatoms. The smallest absolute Gasteiger partial charge is 0.143 e. The number of nitrogens with one attached hydrogen (secondary N) is 1. The van der Waals surface area contributed by atoms with Crippen LogP contribution in [0.2, 0.25) is 5.02 Å². The van der Waals surface area contributed by atoms with Gasteiger partial charge in [0, 0.05) is 5.02 Å². The third-order valence-corrected chi connectivity index (χ3v) is 2.68. The van der Waals surface area contributed by atoms with E-state index < -0.39 is 0 Å². The van der Waals surface area contributed by atoms with Crippen LogP contribution in [0.25, 0.3) is 0 Å². The normalized spacial score (nSPS) is 10.4. The summed E-state index contributed by atoms with van der Waals surface area (Å²) in [6.45, 7) is 4.67. The molecule has 0 fully saturated rings. The Morgan fingerprint density at radius 2 is 2.18 bits per heavy atom. The molecule has 0 spiro atoms. The molecule has 0 aliphatic rings. The fraction of sp³-hybridized carbons (Fsp3) is 0.462. The number of hydrogen-bond acceptors (Lipinski definition) is 3. The van der Waals surface area contributed by atoms with Gasteiger partial charge >= 0.3 is 0 Å². The van der Waals surface area contributed by atoms with E-state index in [1.165, 1.54) is 0 Å². The zero-order valence-corrected chi connectivity index (χ0v) is 11.2. The minimum Gasteiger partial charge on any atom is -0.496 e. The molecule has 0 atom stereocenters. The summed E-state index contributed by atoms with van der Waals surface area (Å²) in [7, 11) is 1.66. The highest BCUT2D eigenvalue weighted by Gasteiger charge is 2.07. The van der Waals surface area contributed by atoms with Gasteiger partial charge in [-0.2, -0.15) is 0 Å². The molecule has 94 valence electrons. The number of carbonyl (C=O) groups is 1. The molecule has 0 heterocycles. The molecule has 1 N–H and O–H groups in total. The minimum absolute atomic E-state index is 0.138. The van der Waals surface area contributed by atoms with Crippen LogP contribution in [-0.4, -0.2) is 26.0 Å². The van der Waals surface area contributed by atoms with Crippen molar-refractivity contribution in [3.05, 3.63) is 28.3 Å². The topological polar surface area (TPSA) is 38.3 Å². The lowest BCUT2D eigenvalue weighted by Crippen LogP contribution is -2.23. The molecule has 3 nitrogen and oxygen atoms in total. The molecule has 0 saturated heterocycles. The molecule has 1 rings (SSSR count). The van der Waals surface area contributed by atoms with Crippen molar-refractivity contribution in [2.45, 2.75) is 20.3 Å². The largest absolute Gasteiger partial charge is 0.496 e. The van der Waals surface area contributed by atoms with Gasteiger partial charge in [0.1, 0.15) is 11.5 Å². The second kappa shape index (κ2) is 6.62. The zero-order valence-electron chi connectivity index (χ0n) is 10.5. The lowest BCUT2D eigenvalue weighted by Gasteiger charge is -2.12. The molecule has 0 radical (unpaired) electrons. The zero-order chi connectivity index (χ0) is 12.8. The van der Waals surface area contributed by atoms with Gasteiger partial charge < -0.3 is 10.1 Å². The molecule has 1 aromatic rings. The van der Waals surface area contributed by atoms with Crippen LogP contribution in [0.15, 0.2) is 12.1 Å². The second-order valence-electron chi connectivity index (χ2n) is 4.04. The number of ketones is 1. The third kappa shape index (κ3) is 4.36. The predicted octanol–water partition coefficient (Wildman–Crippen LogP) is 2.38. The van der Waals surface area contributed by atoms with Crippen LogP contribution >= 0.6 is 11.6 Å². The number of Topliss-reactive ketones (excluding diaryl/α,β-unsaturated/α-hetero) is 1. The highest BCUT2D eigenvalue weighted by atomic mass is 35.5. The summed E-state index contributed by atoms with van der Waals surface area (Å²) in [5.74, 6) is 1.01. The number of rotatable bonds is 6. The molecule has 0 bridgehead atoms. The summed E-state index contributed by atoms with van der Waals surface area (Å²) >= 11 is 6.01. The highest BCUT2D eigenvalue weighted by molar-refractivity contribution is 6.30. The molecular weight excluding hydrogens is 238 g/mol. The van der Waals surface area contributed by atoms with Crippen LogP contribution in [0.5, 0.6) is 5.75 Å². The van der Waals surface area contributed by atoms with Crippen molar-refractivity contribution in [3.63, 3.8) is 0 Å². The number of carbonyl (C=O) groups excluding carboxylic acids is 1. The first kappa shape index (κ1) is 14.0. The Balaban J connectivity index is 2.66. The SMILES string of the molecule is COc1c(C)cc(Cl)cc1CCNCC(C)=O. The van der Waals surface area contributed by atoms with Crippen molar-refractivity contribution in [2.24, 2.45) is 0 Å². The van der Waals surface area contributed by atoms with Crippen molar-refractivity contribution in [3.8, 4) is 5.75 Å². The second-order valence-corrected chi connectivity index (χ2v) is 4.48. The molecule has 0 unspecified atom stereocenters. The summed E-state index contributed by atoms with van der Waals surface area (Å²) in [5, 5.41) is 3.79. The lowest BCUT2D eigenvalue weighted by atomic mass is 10.1. The maximum absolute atomic E-state index is 10.8. The van der Waals surface area contributed by atoms with Crippen LogP contribution in [-0.2, 0) is 11.2 Å². The summed E-state index contributed by atoms with van der Waals surface area (Å²) in [6.07, 6.45) is 0.790. The van der Waals surface area contributed by atoms with E-state index >= 15 is 0 Å². The molecule has 0 aliphatic carbocycles. The van der Waals surface area contributed by atoms with E-state index in [9.17, 15) is 4.79 Å². The monoisotopic (exact) mass is 255 g/mol. The van der Waals surface area contributed by atoms with Gasteiger partial charge in [-0.1, -0.05) is 11.6 Å². The van der Waals surface area contributed by atoms with Crippen LogP contribution in [0, 0.1) is 6.92 Å². The number of halogens is 1. The summed E-state index contributed by atoms with van der Waals surface area (Å²) in [5.41, 5.74) is 2.09. The average Bonchev–Trinajstić information content (AvgIpc) is 2.23. The fourth-order valence-electron chi connectivity index (χ4n) is 1.76. The van der Waals surface area contributed by atoms with Gasteiger partial charge in [0.2, 0.25) is 0 Å². The van der Waals surface area contributed by atoms with Gasteiger partial charge in [0.05, 0.1) is 13.7 Å². The van der Waals surface area contributed by atoms with E-state index in [2.05, 4.69) is 5.32 Å². The molecule has 0 aliphatic heterocycles. The highest BCUT2D eigenvalue weighted by Crippen LogP contribution is 2.27. The fourth-order valence-corrected chi connectivity index (χ4v) is 2.06. The minimum atomic E-state index is 0.138. The standard InChI is InChI=1S/C13H18ClNO2/c1-9-6-12(14)7-11(13(9)17-3)4-5-15-8-10(2)16/h6-7,15H,4-5,8H2,1-3H3. The predicted molar refractivity (Wildman–Crippen MR) is 70.0 cm³/mol. The van der Waals surface area contributed by atoms with E-state index in [1.807, 2.05) is 19.1 Å². The molecule has 0 amide bonds. The first-order chi connectivity index (χ1) is 8.04. The van der Waals surface area contributed by atoms with Crippen molar-refractivity contribution in [1.82, 2.24) is 5.32 Å². The maximum atomic E-state index is 10.8. The average molecular weight is 256 g/mol. The Morgan fingerprint density at radius 1 is 1.47 bits per heavy atom. The van der Waals surface area contributed by atoms with Crippen molar-refractivity contribution < 1.29 is 9.53 Å². The maximum Gasteiger partial charge on any atom is 0.143 e. The van der Waals surface area contributed by atoms with Crippen LogP contribution < -0.4 is 10.1 Å². The molecule has 0 aromatic heterocycles. The summed E-state index contributed by atoms with van der Waals surface area (Å²) in [6, 6.07) is 3.79. The van der Waals surface area contributed by atoms with Crippen LogP contribution in [0.4, 0.5) is 0 Å². The lowest BCUT2D eigenvalue weighted by molar-refractivity contribution is -0.116. The van der Waals surface area contributed by atoms with E-state index in [-0.39, 0.29) is 5.78 Å². The quantitative estimate of drug-likeness (QED) is 0.794. The first-order valence-electron chi connectivity index (χ1n) is 5.57. The number of hydrogen-bond donors (Lipinski definition) is 1. The molecular formula is C13H18ClNO2. The van der Waals surface area contributed by atoms with E-state index in [0.29, 0.717) is 11.6 Å². The van der Waals surface area contributed by atoms with Crippen LogP contribution in [0.3, 0.4) is 0 Å². The molecule has 1 aromatic carbocycles. The molecule has 17 heavy (non-hydrogen) atoms. The Labute approximate surface area is 107 Å². The van der Waals surface area contributed by atoms with Gasteiger partial charge in [-0.05, 0) is 50.1 Å². The van der Waals surface area contributed by atoms with E-state index in [1.54, 1.807) is 14.0 Å². The summed E-state index contributed by atoms with van der Waals surface area (Å²) < 4.78 is 5.36. The van der Waals surface area contributed by atoms with Gasteiger partial charge in [0.25, 0.3) is 0 Å². The Kier molecular flexibility index (Phi) is 5.45.